The molecule has 26 heavy (non-hydrogen) atoms. The summed E-state index contributed by atoms with van der Waals surface area (Å²) in [6.45, 7) is 1.94. The van der Waals surface area contributed by atoms with Crippen LogP contribution in [-0.2, 0) is 12.8 Å². The van der Waals surface area contributed by atoms with Crippen LogP contribution in [0.2, 0.25) is 0 Å². The lowest BCUT2D eigenvalue weighted by molar-refractivity contribution is 0.396. The summed E-state index contributed by atoms with van der Waals surface area (Å²) in [4.78, 5) is 17.8. The molecule has 0 aliphatic rings. The van der Waals surface area contributed by atoms with Gasteiger partial charge in [-0.1, -0.05) is 12.1 Å². The molecule has 0 bridgehead atoms. The molecular formula is C20H19N5O. The number of aromatic nitrogens is 4. The van der Waals surface area contributed by atoms with Crippen LogP contribution in [0.15, 0.2) is 42.5 Å². The van der Waals surface area contributed by atoms with E-state index in [0.717, 1.165) is 42.0 Å². The van der Waals surface area contributed by atoms with Crippen molar-refractivity contribution < 1.29 is 4.74 Å². The monoisotopic (exact) mass is 345 g/mol. The van der Waals surface area contributed by atoms with Crippen molar-refractivity contribution in [3.63, 3.8) is 0 Å². The molecule has 0 fully saturated rings. The van der Waals surface area contributed by atoms with E-state index in [1.807, 2.05) is 43.3 Å². The SMILES string of the molecule is COc1cc(CCCc2cccc(C#N)n2)nc(-c2cccc(C)n2)n1. The van der Waals surface area contributed by atoms with E-state index in [0.29, 0.717) is 17.4 Å². The Balaban J connectivity index is 1.75. The molecule has 0 atom stereocenters. The van der Waals surface area contributed by atoms with Crippen LogP contribution in [0.25, 0.3) is 11.5 Å². The topological polar surface area (TPSA) is 84.6 Å². The van der Waals surface area contributed by atoms with Gasteiger partial charge in [0.1, 0.15) is 17.5 Å². The standard InChI is InChI=1S/C20H19N5O/c1-14-6-3-11-18(22-14)20-24-16(12-19(25-20)26-2)9-4-7-15-8-5-10-17(13-21)23-15/h3,5-6,8,10-12H,4,7,9H2,1-2H3. The van der Waals surface area contributed by atoms with E-state index in [4.69, 9.17) is 10.00 Å². The van der Waals surface area contributed by atoms with Gasteiger partial charge in [0.2, 0.25) is 5.88 Å². The zero-order valence-corrected chi connectivity index (χ0v) is 14.8. The van der Waals surface area contributed by atoms with Crippen LogP contribution in [0.5, 0.6) is 5.88 Å². The highest BCUT2D eigenvalue weighted by Gasteiger charge is 2.09. The third-order valence-electron chi connectivity index (χ3n) is 3.87. The summed E-state index contributed by atoms with van der Waals surface area (Å²) in [5.41, 5.74) is 3.89. The maximum Gasteiger partial charge on any atom is 0.216 e. The summed E-state index contributed by atoms with van der Waals surface area (Å²) in [7, 11) is 1.59. The van der Waals surface area contributed by atoms with Gasteiger partial charge in [0.05, 0.1) is 7.11 Å². The molecule has 3 rings (SSSR count). The Bertz CT molecular complexity index is 949. The van der Waals surface area contributed by atoms with E-state index in [2.05, 4.69) is 26.0 Å². The Kier molecular flexibility index (Phi) is 5.49. The number of rotatable bonds is 6. The highest BCUT2D eigenvalue weighted by Crippen LogP contribution is 2.19. The van der Waals surface area contributed by atoms with Crippen LogP contribution in [0.3, 0.4) is 0 Å². The first-order valence-electron chi connectivity index (χ1n) is 8.40. The molecule has 0 aliphatic carbocycles. The van der Waals surface area contributed by atoms with Gasteiger partial charge in [-0.25, -0.2) is 15.0 Å². The maximum absolute atomic E-state index is 8.93. The normalized spacial score (nSPS) is 10.3. The molecule has 0 saturated carbocycles. The Morgan fingerprint density at radius 2 is 1.77 bits per heavy atom. The Morgan fingerprint density at radius 1 is 0.962 bits per heavy atom. The molecule has 0 unspecified atom stereocenters. The number of nitriles is 1. The summed E-state index contributed by atoms with van der Waals surface area (Å²) in [5.74, 6) is 1.09. The molecule has 3 heterocycles. The maximum atomic E-state index is 8.93. The Labute approximate surface area is 152 Å². The molecule has 0 aliphatic heterocycles. The van der Waals surface area contributed by atoms with Gasteiger partial charge in [-0.3, -0.25) is 0 Å². The van der Waals surface area contributed by atoms with E-state index in [-0.39, 0.29) is 0 Å². The summed E-state index contributed by atoms with van der Waals surface area (Å²) in [6.07, 6.45) is 2.40. The molecule has 130 valence electrons. The van der Waals surface area contributed by atoms with Gasteiger partial charge in [0.15, 0.2) is 5.82 Å². The third-order valence-corrected chi connectivity index (χ3v) is 3.87. The van der Waals surface area contributed by atoms with Crippen LogP contribution in [-0.4, -0.2) is 27.0 Å². The van der Waals surface area contributed by atoms with E-state index in [1.165, 1.54) is 0 Å². The fraction of sp³-hybridized carbons (Fsp3) is 0.250. The van der Waals surface area contributed by atoms with Crippen molar-refractivity contribution >= 4 is 0 Å². The second kappa shape index (κ2) is 8.17. The molecule has 3 aromatic rings. The molecule has 6 nitrogen and oxygen atoms in total. The molecule has 0 saturated heterocycles. The number of pyridine rings is 2. The van der Waals surface area contributed by atoms with Crippen molar-refractivity contribution in [2.24, 2.45) is 0 Å². The molecular weight excluding hydrogens is 326 g/mol. The molecule has 3 aromatic heterocycles. The third kappa shape index (κ3) is 4.39. The van der Waals surface area contributed by atoms with Gasteiger partial charge in [-0.05, 0) is 50.5 Å². The van der Waals surface area contributed by atoms with Gasteiger partial charge in [-0.2, -0.15) is 10.2 Å². The fourth-order valence-electron chi connectivity index (χ4n) is 2.62. The van der Waals surface area contributed by atoms with Crippen LogP contribution >= 0.6 is 0 Å². The number of methoxy groups -OCH3 is 1. The van der Waals surface area contributed by atoms with E-state index >= 15 is 0 Å². The molecule has 0 N–H and O–H groups in total. The van der Waals surface area contributed by atoms with Crippen LogP contribution in [0, 0.1) is 18.3 Å². The first kappa shape index (κ1) is 17.5. The van der Waals surface area contributed by atoms with Crippen molar-refractivity contribution in [3.8, 4) is 23.5 Å². The number of ether oxygens (including phenoxy) is 1. The van der Waals surface area contributed by atoms with E-state index in [9.17, 15) is 0 Å². The predicted molar refractivity (Wildman–Crippen MR) is 97.5 cm³/mol. The summed E-state index contributed by atoms with van der Waals surface area (Å²) in [6, 6.07) is 15.2. The van der Waals surface area contributed by atoms with Crippen molar-refractivity contribution in [2.75, 3.05) is 7.11 Å². The van der Waals surface area contributed by atoms with Crippen LogP contribution in [0.1, 0.15) is 29.2 Å². The lowest BCUT2D eigenvalue weighted by atomic mass is 10.1. The smallest absolute Gasteiger partial charge is 0.216 e. The molecule has 0 aromatic carbocycles. The number of hydrogen-bond acceptors (Lipinski definition) is 6. The predicted octanol–water partition coefficient (Wildman–Crippen LogP) is 3.30. The minimum atomic E-state index is 0.444. The molecule has 0 amide bonds. The van der Waals surface area contributed by atoms with Crippen molar-refractivity contribution in [1.29, 1.82) is 5.26 Å². The molecule has 6 heteroatoms. The second-order valence-corrected chi connectivity index (χ2v) is 5.87. The summed E-state index contributed by atoms with van der Waals surface area (Å²) >= 11 is 0. The lowest BCUT2D eigenvalue weighted by Crippen LogP contribution is -2.02. The highest BCUT2D eigenvalue weighted by atomic mass is 16.5. The Hall–Kier alpha value is -3.33. The van der Waals surface area contributed by atoms with Crippen molar-refractivity contribution in [2.45, 2.75) is 26.2 Å². The number of aryl methyl sites for hydroxylation is 3. The van der Waals surface area contributed by atoms with Crippen molar-refractivity contribution in [1.82, 2.24) is 19.9 Å². The minimum absolute atomic E-state index is 0.444. The zero-order valence-electron chi connectivity index (χ0n) is 14.8. The van der Waals surface area contributed by atoms with Gasteiger partial charge in [0, 0.05) is 23.1 Å². The van der Waals surface area contributed by atoms with Gasteiger partial charge in [0.25, 0.3) is 0 Å². The summed E-state index contributed by atoms with van der Waals surface area (Å²) in [5, 5.41) is 8.93. The minimum Gasteiger partial charge on any atom is -0.481 e. The Morgan fingerprint density at radius 3 is 2.54 bits per heavy atom. The first-order chi connectivity index (χ1) is 12.7. The van der Waals surface area contributed by atoms with Crippen molar-refractivity contribution in [3.05, 3.63) is 65.2 Å². The summed E-state index contributed by atoms with van der Waals surface area (Å²) < 4.78 is 5.31. The molecule has 0 radical (unpaired) electrons. The average molecular weight is 345 g/mol. The van der Waals surface area contributed by atoms with Gasteiger partial charge in [-0.15, -0.1) is 0 Å². The number of hydrogen-bond donors (Lipinski definition) is 0. The highest BCUT2D eigenvalue weighted by molar-refractivity contribution is 5.50. The van der Waals surface area contributed by atoms with Crippen LogP contribution < -0.4 is 4.74 Å². The largest absolute Gasteiger partial charge is 0.481 e. The average Bonchev–Trinajstić information content (AvgIpc) is 2.68. The first-order valence-corrected chi connectivity index (χ1v) is 8.40. The van der Waals surface area contributed by atoms with Gasteiger partial charge < -0.3 is 4.74 Å². The fourth-order valence-corrected chi connectivity index (χ4v) is 2.62. The second-order valence-electron chi connectivity index (χ2n) is 5.87. The number of nitrogens with zero attached hydrogens (tertiary/aromatic N) is 5. The zero-order chi connectivity index (χ0) is 18.4. The van der Waals surface area contributed by atoms with E-state index in [1.54, 1.807) is 13.2 Å². The lowest BCUT2D eigenvalue weighted by Gasteiger charge is -2.08. The quantitative estimate of drug-likeness (QED) is 0.681. The van der Waals surface area contributed by atoms with Crippen LogP contribution in [0.4, 0.5) is 0 Å². The van der Waals surface area contributed by atoms with Gasteiger partial charge >= 0.3 is 0 Å². The molecule has 0 spiro atoms. The van der Waals surface area contributed by atoms with E-state index < -0.39 is 0 Å².